The summed E-state index contributed by atoms with van der Waals surface area (Å²) in [4.78, 5) is 21.1. The fraction of sp³-hybridized carbons (Fsp3) is 0.500. The molecule has 2 aromatic heterocycles. The van der Waals surface area contributed by atoms with Gasteiger partial charge in [0, 0.05) is 51.7 Å². The average Bonchev–Trinajstić information content (AvgIpc) is 2.84. The first-order valence-corrected chi connectivity index (χ1v) is 8.57. The molecule has 0 aliphatic carbocycles. The molecule has 0 atom stereocenters. The van der Waals surface area contributed by atoms with Gasteiger partial charge in [0.2, 0.25) is 0 Å². The molecule has 0 spiro atoms. The summed E-state index contributed by atoms with van der Waals surface area (Å²) in [5.74, 6) is 0.956. The van der Waals surface area contributed by atoms with E-state index in [1.165, 1.54) is 25.7 Å². The van der Waals surface area contributed by atoms with Crippen molar-refractivity contribution in [1.82, 2.24) is 19.7 Å². The number of pyridine rings is 1. The molecule has 0 N–H and O–H groups in total. The molecule has 0 saturated carbocycles. The summed E-state index contributed by atoms with van der Waals surface area (Å²) in [5, 5.41) is 4.13. The zero-order chi connectivity index (χ0) is 16.9. The van der Waals surface area contributed by atoms with Gasteiger partial charge in [0.25, 0.3) is 5.91 Å². The molecule has 6 nitrogen and oxygen atoms in total. The summed E-state index contributed by atoms with van der Waals surface area (Å²) < 4.78 is 1.74. The van der Waals surface area contributed by atoms with Gasteiger partial charge in [-0.3, -0.25) is 9.48 Å². The van der Waals surface area contributed by atoms with Crippen molar-refractivity contribution in [2.45, 2.75) is 32.2 Å². The highest BCUT2D eigenvalue weighted by atomic mass is 16.2. The van der Waals surface area contributed by atoms with E-state index in [4.69, 9.17) is 0 Å². The minimum Gasteiger partial charge on any atom is -0.357 e. The molecule has 1 fully saturated rings. The normalized spacial score (nSPS) is 15.2. The van der Waals surface area contributed by atoms with E-state index in [-0.39, 0.29) is 5.91 Å². The second kappa shape index (κ2) is 7.47. The lowest BCUT2D eigenvalue weighted by molar-refractivity contribution is 0.0784. The summed E-state index contributed by atoms with van der Waals surface area (Å²) in [7, 11) is 3.68. The highest BCUT2D eigenvalue weighted by Crippen LogP contribution is 2.18. The van der Waals surface area contributed by atoms with E-state index >= 15 is 0 Å². The second-order valence-corrected chi connectivity index (χ2v) is 6.49. The molecule has 1 amide bonds. The molecule has 128 valence electrons. The SMILES string of the molecule is CN(Cc1cnn(C)c1)C(=O)c1ccc(N2CCCCCC2)nc1. The third-order valence-electron chi connectivity index (χ3n) is 4.45. The van der Waals surface area contributed by atoms with Crippen LogP contribution in [0.3, 0.4) is 0 Å². The molecule has 3 rings (SSSR count). The van der Waals surface area contributed by atoms with E-state index in [2.05, 4.69) is 15.0 Å². The van der Waals surface area contributed by atoms with E-state index in [0.29, 0.717) is 12.1 Å². The third-order valence-corrected chi connectivity index (χ3v) is 4.45. The van der Waals surface area contributed by atoms with Gasteiger partial charge >= 0.3 is 0 Å². The summed E-state index contributed by atoms with van der Waals surface area (Å²) >= 11 is 0. The number of aryl methyl sites for hydroxylation is 1. The number of carbonyl (C=O) groups is 1. The Kier molecular flexibility index (Phi) is 5.13. The second-order valence-electron chi connectivity index (χ2n) is 6.49. The largest absolute Gasteiger partial charge is 0.357 e. The van der Waals surface area contributed by atoms with Crippen LogP contribution in [0.15, 0.2) is 30.7 Å². The first-order valence-electron chi connectivity index (χ1n) is 8.57. The molecule has 0 aromatic carbocycles. The van der Waals surface area contributed by atoms with Crippen molar-refractivity contribution < 1.29 is 4.79 Å². The van der Waals surface area contributed by atoms with E-state index in [0.717, 1.165) is 24.5 Å². The van der Waals surface area contributed by atoms with Crippen LogP contribution in [0.4, 0.5) is 5.82 Å². The Balaban J connectivity index is 1.64. The number of carbonyl (C=O) groups excluding carboxylic acids is 1. The Labute approximate surface area is 143 Å². The monoisotopic (exact) mass is 327 g/mol. The van der Waals surface area contributed by atoms with Crippen molar-refractivity contribution >= 4 is 11.7 Å². The number of nitrogens with zero attached hydrogens (tertiary/aromatic N) is 5. The Hall–Kier alpha value is -2.37. The third kappa shape index (κ3) is 3.93. The maximum atomic E-state index is 12.5. The molecule has 1 aliphatic heterocycles. The van der Waals surface area contributed by atoms with Crippen molar-refractivity contribution in [2.75, 3.05) is 25.0 Å². The predicted octanol–water partition coefficient (Wildman–Crippen LogP) is 2.47. The molecule has 0 radical (unpaired) electrons. The van der Waals surface area contributed by atoms with Crippen molar-refractivity contribution in [1.29, 1.82) is 0 Å². The quantitative estimate of drug-likeness (QED) is 0.866. The van der Waals surface area contributed by atoms with Gasteiger partial charge in [0.15, 0.2) is 0 Å². The van der Waals surface area contributed by atoms with Gasteiger partial charge in [0.05, 0.1) is 11.8 Å². The van der Waals surface area contributed by atoms with E-state index in [1.807, 2.05) is 25.4 Å². The fourth-order valence-electron chi connectivity index (χ4n) is 3.12. The van der Waals surface area contributed by atoms with Crippen molar-refractivity contribution in [3.8, 4) is 0 Å². The number of rotatable bonds is 4. The fourth-order valence-corrected chi connectivity index (χ4v) is 3.12. The van der Waals surface area contributed by atoms with E-state index in [9.17, 15) is 4.79 Å². The predicted molar refractivity (Wildman–Crippen MR) is 93.9 cm³/mol. The number of hydrogen-bond donors (Lipinski definition) is 0. The summed E-state index contributed by atoms with van der Waals surface area (Å²) in [5.41, 5.74) is 1.64. The van der Waals surface area contributed by atoms with Gasteiger partial charge < -0.3 is 9.80 Å². The van der Waals surface area contributed by atoms with Crippen LogP contribution in [-0.2, 0) is 13.6 Å². The standard InChI is InChI=1S/C18H25N5O/c1-21(13-15-11-20-22(2)14-15)18(24)16-7-8-17(19-12-16)23-9-5-3-4-6-10-23/h7-8,11-12,14H,3-6,9-10,13H2,1-2H3. The topological polar surface area (TPSA) is 54.3 Å². The molecule has 24 heavy (non-hydrogen) atoms. The minimum absolute atomic E-state index is 0.0197. The Bertz CT molecular complexity index is 671. The molecule has 1 saturated heterocycles. The molecule has 0 unspecified atom stereocenters. The van der Waals surface area contributed by atoms with E-state index < -0.39 is 0 Å². The average molecular weight is 327 g/mol. The van der Waals surface area contributed by atoms with Gasteiger partial charge in [-0.2, -0.15) is 5.10 Å². The zero-order valence-electron chi connectivity index (χ0n) is 14.5. The Morgan fingerprint density at radius 2 is 1.92 bits per heavy atom. The molecule has 0 bridgehead atoms. The van der Waals surface area contributed by atoms with Gasteiger partial charge in [-0.15, -0.1) is 0 Å². The Morgan fingerprint density at radius 1 is 1.17 bits per heavy atom. The van der Waals surface area contributed by atoms with Crippen LogP contribution in [0, 0.1) is 0 Å². The molecule has 1 aliphatic rings. The maximum absolute atomic E-state index is 12.5. The van der Waals surface area contributed by atoms with Crippen LogP contribution in [-0.4, -0.2) is 45.7 Å². The zero-order valence-corrected chi connectivity index (χ0v) is 14.5. The summed E-state index contributed by atoms with van der Waals surface area (Å²) in [6, 6.07) is 3.85. The van der Waals surface area contributed by atoms with Crippen LogP contribution < -0.4 is 4.90 Å². The van der Waals surface area contributed by atoms with Gasteiger partial charge in [-0.25, -0.2) is 4.98 Å². The number of amides is 1. The van der Waals surface area contributed by atoms with Gasteiger partial charge in [-0.1, -0.05) is 12.8 Å². The molecular weight excluding hydrogens is 302 g/mol. The first-order chi connectivity index (χ1) is 11.6. The number of aromatic nitrogens is 3. The lowest BCUT2D eigenvalue weighted by Crippen LogP contribution is -2.27. The van der Waals surface area contributed by atoms with Gasteiger partial charge in [0.1, 0.15) is 5.82 Å². The first kappa shape index (κ1) is 16.5. The number of anilines is 1. The minimum atomic E-state index is -0.0197. The summed E-state index contributed by atoms with van der Waals surface area (Å²) in [6.45, 7) is 2.66. The number of hydrogen-bond acceptors (Lipinski definition) is 4. The van der Waals surface area contributed by atoms with Crippen molar-refractivity contribution in [3.63, 3.8) is 0 Å². The molecule has 3 heterocycles. The molecule has 2 aromatic rings. The molecular formula is C18H25N5O. The molecule has 6 heteroatoms. The van der Waals surface area contributed by atoms with Crippen LogP contribution in [0.25, 0.3) is 0 Å². The summed E-state index contributed by atoms with van der Waals surface area (Å²) in [6.07, 6.45) is 10.4. The van der Waals surface area contributed by atoms with Crippen LogP contribution in [0.5, 0.6) is 0 Å². The maximum Gasteiger partial charge on any atom is 0.255 e. The van der Waals surface area contributed by atoms with Crippen LogP contribution >= 0.6 is 0 Å². The van der Waals surface area contributed by atoms with E-state index in [1.54, 1.807) is 29.0 Å². The smallest absolute Gasteiger partial charge is 0.255 e. The highest BCUT2D eigenvalue weighted by Gasteiger charge is 2.15. The lowest BCUT2D eigenvalue weighted by Gasteiger charge is -2.22. The van der Waals surface area contributed by atoms with Crippen LogP contribution in [0.1, 0.15) is 41.6 Å². The van der Waals surface area contributed by atoms with Gasteiger partial charge in [-0.05, 0) is 25.0 Å². The lowest BCUT2D eigenvalue weighted by atomic mass is 10.2. The Morgan fingerprint density at radius 3 is 2.50 bits per heavy atom. The van der Waals surface area contributed by atoms with Crippen molar-refractivity contribution in [3.05, 3.63) is 41.9 Å². The highest BCUT2D eigenvalue weighted by molar-refractivity contribution is 5.93. The van der Waals surface area contributed by atoms with Crippen LogP contribution in [0.2, 0.25) is 0 Å². The van der Waals surface area contributed by atoms with Crippen molar-refractivity contribution in [2.24, 2.45) is 7.05 Å².